The van der Waals surface area contributed by atoms with E-state index in [1.165, 1.54) is 17.7 Å². The van der Waals surface area contributed by atoms with E-state index in [0.717, 1.165) is 34.8 Å². The van der Waals surface area contributed by atoms with Gasteiger partial charge in [-0.1, -0.05) is 18.2 Å². The molecule has 0 saturated heterocycles. The van der Waals surface area contributed by atoms with Crippen molar-refractivity contribution in [3.8, 4) is 11.4 Å². The molecule has 3 aromatic rings. The molecule has 4 rings (SSSR count). The standard InChI is InChI=1S/C23H24FN3O2/c1-15-21(16(2)27(26-15)20-9-7-19(24)8-10-20)12-23(28)25-13-17-11-18-5-3-4-6-22(18)29-14-17/h3-10,17H,11-14H2,1-2H3,(H,25,28). The van der Waals surface area contributed by atoms with E-state index in [2.05, 4.69) is 16.5 Å². The van der Waals surface area contributed by atoms with Crippen molar-refractivity contribution in [2.45, 2.75) is 26.7 Å². The van der Waals surface area contributed by atoms with E-state index < -0.39 is 0 Å². The smallest absolute Gasteiger partial charge is 0.224 e. The summed E-state index contributed by atoms with van der Waals surface area (Å²) >= 11 is 0. The van der Waals surface area contributed by atoms with Crippen LogP contribution in [0.15, 0.2) is 48.5 Å². The molecule has 0 bridgehead atoms. The Morgan fingerprint density at radius 2 is 1.97 bits per heavy atom. The number of halogens is 1. The molecule has 0 fully saturated rings. The topological polar surface area (TPSA) is 56.2 Å². The van der Waals surface area contributed by atoms with Crippen molar-refractivity contribution >= 4 is 5.91 Å². The van der Waals surface area contributed by atoms with Crippen LogP contribution in [0.4, 0.5) is 4.39 Å². The maximum absolute atomic E-state index is 13.2. The van der Waals surface area contributed by atoms with Gasteiger partial charge < -0.3 is 10.1 Å². The molecule has 1 aromatic heterocycles. The number of hydrogen-bond acceptors (Lipinski definition) is 3. The van der Waals surface area contributed by atoms with E-state index in [-0.39, 0.29) is 24.1 Å². The van der Waals surface area contributed by atoms with Crippen molar-refractivity contribution in [3.05, 3.63) is 76.9 Å². The summed E-state index contributed by atoms with van der Waals surface area (Å²) in [5, 5.41) is 7.57. The Balaban J connectivity index is 1.38. The van der Waals surface area contributed by atoms with Crippen LogP contribution in [0.1, 0.15) is 22.5 Å². The highest BCUT2D eigenvalue weighted by molar-refractivity contribution is 5.79. The SMILES string of the molecule is Cc1nn(-c2ccc(F)cc2)c(C)c1CC(=O)NCC1COc2ccccc2C1. The van der Waals surface area contributed by atoms with Crippen LogP contribution in [0.3, 0.4) is 0 Å². The fourth-order valence-electron chi connectivity index (χ4n) is 3.77. The number of carbonyl (C=O) groups is 1. The number of aromatic nitrogens is 2. The van der Waals surface area contributed by atoms with Gasteiger partial charge in [0.1, 0.15) is 11.6 Å². The van der Waals surface area contributed by atoms with Crippen LogP contribution in [0.2, 0.25) is 0 Å². The summed E-state index contributed by atoms with van der Waals surface area (Å²) in [7, 11) is 0. The van der Waals surface area contributed by atoms with E-state index in [9.17, 15) is 9.18 Å². The highest BCUT2D eigenvalue weighted by Crippen LogP contribution is 2.26. The number of ether oxygens (including phenoxy) is 1. The summed E-state index contributed by atoms with van der Waals surface area (Å²) in [5.41, 5.74) is 4.55. The van der Waals surface area contributed by atoms with Crippen molar-refractivity contribution in [2.75, 3.05) is 13.2 Å². The zero-order chi connectivity index (χ0) is 20.4. The second-order valence-electron chi connectivity index (χ2n) is 7.51. The minimum absolute atomic E-state index is 0.0336. The molecule has 0 saturated carbocycles. The lowest BCUT2D eigenvalue weighted by Crippen LogP contribution is -2.35. The monoisotopic (exact) mass is 393 g/mol. The zero-order valence-electron chi connectivity index (χ0n) is 16.6. The Labute approximate surface area is 169 Å². The molecule has 29 heavy (non-hydrogen) atoms. The number of nitrogens with one attached hydrogen (secondary N) is 1. The third-order valence-corrected chi connectivity index (χ3v) is 5.39. The molecular weight excluding hydrogens is 369 g/mol. The largest absolute Gasteiger partial charge is 0.493 e. The fourth-order valence-corrected chi connectivity index (χ4v) is 3.77. The summed E-state index contributed by atoms with van der Waals surface area (Å²) in [6, 6.07) is 14.2. The van der Waals surface area contributed by atoms with Gasteiger partial charge in [-0.2, -0.15) is 5.10 Å². The third kappa shape index (κ3) is 4.16. The average Bonchev–Trinajstić information content (AvgIpc) is 3.01. The van der Waals surface area contributed by atoms with Gasteiger partial charge in [-0.25, -0.2) is 9.07 Å². The van der Waals surface area contributed by atoms with Gasteiger partial charge in [0, 0.05) is 23.7 Å². The molecule has 0 spiro atoms. The number of nitrogens with zero attached hydrogens (tertiary/aromatic N) is 2. The molecule has 1 amide bonds. The minimum Gasteiger partial charge on any atom is -0.493 e. The Bertz CT molecular complexity index is 1030. The molecule has 1 aliphatic heterocycles. The first-order chi connectivity index (χ1) is 14.0. The van der Waals surface area contributed by atoms with Gasteiger partial charge >= 0.3 is 0 Å². The summed E-state index contributed by atoms with van der Waals surface area (Å²) in [4.78, 5) is 12.6. The Hall–Kier alpha value is -3.15. The first kappa shape index (κ1) is 19.2. The molecular formula is C23H24FN3O2. The number of benzene rings is 2. The van der Waals surface area contributed by atoms with Crippen LogP contribution in [-0.2, 0) is 17.6 Å². The van der Waals surface area contributed by atoms with Gasteiger partial charge in [0.15, 0.2) is 0 Å². The van der Waals surface area contributed by atoms with E-state index in [4.69, 9.17) is 4.74 Å². The lowest BCUT2D eigenvalue weighted by atomic mass is 9.96. The Morgan fingerprint density at radius 3 is 2.76 bits per heavy atom. The number of aryl methyl sites for hydroxylation is 1. The molecule has 1 unspecified atom stereocenters. The van der Waals surface area contributed by atoms with E-state index >= 15 is 0 Å². The van der Waals surface area contributed by atoms with Gasteiger partial charge in [0.25, 0.3) is 0 Å². The molecule has 5 nitrogen and oxygen atoms in total. The normalized spacial score (nSPS) is 15.5. The fraction of sp³-hybridized carbons (Fsp3) is 0.304. The van der Waals surface area contributed by atoms with Gasteiger partial charge in [-0.05, 0) is 56.2 Å². The van der Waals surface area contributed by atoms with Crippen molar-refractivity contribution in [3.63, 3.8) is 0 Å². The number of hydrogen-bond donors (Lipinski definition) is 1. The third-order valence-electron chi connectivity index (χ3n) is 5.39. The van der Waals surface area contributed by atoms with Crippen LogP contribution in [0, 0.1) is 25.6 Å². The lowest BCUT2D eigenvalue weighted by molar-refractivity contribution is -0.120. The van der Waals surface area contributed by atoms with Crippen LogP contribution in [0.25, 0.3) is 5.69 Å². The van der Waals surface area contributed by atoms with Crippen molar-refractivity contribution in [1.82, 2.24) is 15.1 Å². The quantitative estimate of drug-likeness (QED) is 0.721. The number of fused-ring (bicyclic) bond motifs is 1. The predicted octanol–water partition coefficient (Wildman–Crippen LogP) is 3.54. The first-order valence-electron chi connectivity index (χ1n) is 9.79. The highest BCUT2D eigenvalue weighted by Gasteiger charge is 2.21. The molecule has 0 aliphatic carbocycles. The van der Waals surface area contributed by atoms with Crippen LogP contribution in [0.5, 0.6) is 5.75 Å². The molecule has 1 atom stereocenters. The highest BCUT2D eigenvalue weighted by atomic mass is 19.1. The first-order valence-corrected chi connectivity index (χ1v) is 9.79. The molecule has 1 N–H and O–H groups in total. The van der Waals surface area contributed by atoms with Crippen LogP contribution in [-0.4, -0.2) is 28.8 Å². The van der Waals surface area contributed by atoms with Crippen LogP contribution >= 0.6 is 0 Å². The molecule has 150 valence electrons. The molecule has 0 radical (unpaired) electrons. The van der Waals surface area contributed by atoms with E-state index in [1.807, 2.05) is 32.0 Å². The summed E-state index contributed by atoms with van der Waals surface area (Å²) in [6.45, 7) is 5.01. The van der Waals surface area contributed by atoms with E-state index in [1.54, 1.807) is 16.8 Å². The maximum Gasteiger partial charge on any atom is 0.224 e. The summed E-state index contributed by atoms with van der Waals surface area (Å²) < 4.78 is 20.7. The second kappa shape index (κ2) is 8.07. The van der Waals surface area contributed by atoms with Gasteiger partial charge in [0.2, 0.25) is 5.91 Å². The maximum atomic E-state index is 13.2. The molecule has 1 aliphatic rings. The summed E-state index contributed by atoms with van der Waals surface area (Å²) in [5.74, 6) is 0.880. The summed E-state index contributed by atoms with van der Waals surface area (Å²) in [6.07, 6.45) is 1.17. The molecule has 2 heterocycles. The predicted molar refractivity (Wildman–Crippen MR) is 109 cm³/mol. The van der Waals surface area contributed by atoms with E-state index in [0.29, 0.717) is 13.2 Å². The second-order valence-corrected chi connectivity index (χ2v) is 7.51. The number of carbonyl (C=O) groups excluding carboxylic acids is 1. The molecule has 2 aromatic carbocycles. The van der Waals surface area contributed by atoms with Gasteiger partial charge in [0.05, 0.1) is 24.4 Å². The van der Waals surface area contributed by atoms with Gasteiger partial charge in [-0.3, -0.25) is 4.79 Å². The zero-order valence-corrected chi connectivity index (χ0v) is 16.6. The van der Waals surface area contributed by atoms with Crippen molar-refractivity contribution in [2.24, 2.45) is 5.92 Å². The van der Waals surface area contributed by atoms with Gasteiger partial charge in [-0.15, -0.1) is 0 Å². The number of rotatable bonds is 5. The van der Waals surface area contributed by atoms with Crippen molar-refractivity contribution in [1.29, 1.82) is 0 Å². The number of amides is 1. The Kier molecular flexibility index (Phi) is 5.34. The minimum atomic E-state index is -0.288. The Morgan fingerprint density at radius 1 is 1.21 bits per heavy atom. The number of para-hydroxylation sites is 1. The van der Waals surface area contributed by atoms with Crippen LogP contribution < -0.4 is 10.1 Å². The molecule has 6 heteroatoms. The van der Waals surface area contributed by atoms with Crippen molar-refractivity contribution < 1.29 is 13.9 Å². The lowest BCUT2D eigenvalue weighted by Gasteiger charge is -2.25. The average molecular weight is 393 g/mol.